The van der Waals surface area contributed by atoms with Crippen LogP contribution < -0.4 is 15.4 Å². The summed E-state index contributed by atoms with van der Waals surface area (Å²) in [5, 5.41) is 5.56. The second-order valence-electron chi connectivity index (χ2n) is 9.73. The van der Waals surface area contributed by atoms with Crippen LogP contribution in [0.3, 0.4) is 0 Å². The van der Waals surface area contributed by atoms with E-state index in [0.717, 1.165) is 20.7 Å². The molecule has 5 aromatic rings. The smallest absolute Gasteiger partial charge is 0.272 e. The molecule has 226 valence electrons. The van der Waals surface area contributed by atoms with Crippen molar-refractivity contribution in [2.24, 2.45) is 0 Å². The summed E-state index contributed by atoms with van der Waals surface area (Å²) in [5.41, 5.74) is 2.44. The average Bonchev–Trinajstić information content (AvgIpc) is 3.53. The molecule has 0 aliphatic heterocycles. The summed E-state index contributed by atoms with van der Waals surface area (Å²) in [4.78, 5) is 39.9. The number of hydrogen-bond donors (Lipinski definition) is 2. The van der Waals surface area contributed by atoms with Gasteiger partial charge < -0.3 is 19.8 Å². The Balaban J connectivity index is 1.27. The second kappa shape index (κ2) is 15.2. The highest BCUT2D eigenvalue weighted by Gasteiger charge is 2.17. The minimum absolute atomic E-state index is 0.00517. The van der Waals surface area contributed by atoms with Crippen molar-refractivity contribution in [2.45, 2.75) is 11.8 Å². The number of carbonyl (C=O) groups excluding carboxylic acids is 3. The molecule has 5 rings (SSSR count). The van der Waals surface area contributed by atoms with E-state index in [0.29, 0.717) is 34.9 Å². The zero-order valence-corrected chi connectivity index (χ0v) is 26.7. The minimum Gasteiger partial charge on any atom is -0.494 e. The number of anilines is 1. The number of carbonyl (C=O) groups is 3. The van der Waals surface area contributed by atoms with Crippen LogP contribution in [0.25, 0.3) is 17.4 Å². The monoisotopic (exact) mass is 680 g/mol. The van der Waals surface area contributed by atoms with Crippen LogP contribution in [-0.4, -0.2) is 30.0 Å². The van der Waals surface area contributed by atoms with Gasteiger partial charge in [-0.1, -0.05) is 46.3 Å². The van der Waals surface area contributed by atoms with Crippen LogP contribution in [0.4, 0.5) is 5.69 Å². The number of furan rings is 1. The fraction of sp³-hybridized carbons (Fsp3) is 0.0833. The van der Waals surface area contributed by atoms with Crippen LogP contribution in [0.1, 0.15) is 33.4 Å². The van der Waals surface area contributed by atoms with Crippen LogP contribution in [0.2, 0.25) is 0 Å². The predicted octanol–water partition coefficient (Wildman–Crippen LogP) is 8.49. The molecule has 45 heavy (non-hydrogen) atoms. The molecule has 9 heteroatoms. The Hall–Kier alpha value is -4.86. The zero-order chi connectivity index (χ0) is 31.6. The summed E-state index contributed by atoms with van der Waals surface area (Å²) >= 11 is 4.83. The summed E-state index contributed by atoms with van der Waals surface area (Å²) in [6, 6.07) is 34.1. The molecule has 0 spiro atoms. The van der Waals surface area contributed by atoms with Gasteiger partial charge in [-0.15, -0.1) is 11.8 Å². The third kappa shape index (κ3) is 8.84. The third-order valence-corrected chi connectivity index (χ3v) is 8.08. The molecule has 0 fully saturated rings. The molecule has 4 aromatic carbocycles. The SMILES string of the molecule is CCOc1ccc(C(=O)CSc2ccc(NC(=O)C(=Cc3ccc(-c4ccc(Br)cc4)o3)NC(=O)c3ccccc3)cc2)cc1. The number of thioether (sulfide) groups is 1. The van der Waals surface area contributed by atoms with Gasteiger partial charge in [0, 0.05) is 37.8 Å². The molecule has 2 amide bonds. The quantitative estimate of drug-likeness (QED) is 0.0779. The van der Waals surface area contributed by atoms with E-state index in [1.165, 1.54) is 17.8 Å². The van der Waals surface area contributed by atoms with Gasteiger partial charge in [0.1, 0.15) is 23.0 Å². The molecule has 0 aliphatic carbocycles. The Morgan fingerprint density at radius 3 is 2.22 bits per heavy atom. The van der Waals surface area contributed by atoms with Crippen molar-refractivity contribution in [3.63, 3.8) is 0 Å². The highest BCUT2D eigenvalue weighted by Crippen LogP contribution is 2.26. The van der Waals surface area contributed by atoms with Gasteiger partial charge in [-0.25, -0.2) is 0 Å². The number of nitrogens with one attached hydrogen (secondary N) is 2. The molecule has 0 radical (unpaired) electrons. The van der Waals surface area contributed by atoms with Crippen molar-refractivity contribution < 1.29 is 23.5 Å². The van der Waals surface area contributed by atoms with E-state index in [1.54, 1.807) is 72.8 Å². The first-order valence-corrected chi connectivity index (χ1v) is 15.9. The van der Waals surface area contributed by atoms with Crippen LogP contribution in [-0.2, 0) is 4.79 Å². The maximum Gasteiger partial charge on any atom is 0.272 e. The second-order valence-corrected chi connectivity index (χ2v) is 11.7. The van der Waals surface area contributed by atoms with Gasteiger partial charge in [-0.05, 0) is 91.9 Å². The van der Waals surface area contributed by atoms with E-state index in [-0.39, 0.29) is 17.2 Å². The highest BCUT2D eigenvalue weighted by molar-refractivity contribution is 9.10. The van der Waals surface area contributed by atoms with Gasteiger partial charge in [-0.3, -0.25) is 14.4 Å². The van der Waals surface area contributed by atoms with E-state index < -0.39 is 11.8 Å². The highest BCUT2D eigenvalue weighted by atomic mass is 79.9. The van der Waals surface area contributed by atoms with Crippen LogP contribution in [0, 0.1) is 0 Å². The van der Waals surface area contributed by atoms with Crippen LogP contribution in [0.15, 0.2) is 135 Å². The Bertz CT molecular complexity index is 1800. The van der Waals surface area contributed by atoms with Crippen molar-refractivity contribution in [1.82, 2.24) is 5.32 Å². The van der Waals surface area contributed by atoms with Crippen LogP contribution >= 0.6 is 27.7 Å². The predicted molar refractivity (Wildman–Crippen MR) is 181 cm³/mol. The van der Waals surface area contributed by atoms with Crippen molar-refractivity contribution in [3.8, 4) is 17.1 Å². The lowest BCUT2D eigenvalue weighted by atomic mass is 10.1. The van der Waals surface area contributed by atoms with E-state index in [4.69, 9.17) is 9.15 Å². The first kappa shape index (κ1) is 31.6. The Morgan fingerprint density at radius 1 is 0.822 bits per heavy atom. The molecule has 1 aromatic heterocycles. The number of hydrogen-bond acceptors (Lipinski definition) is 6. The van der Waals surface area contributed by atoms with Crippen molar-refractivity contribution in [2.75, 3.05) is 17.7 Å². The van der Waals surface area contributed by atoms with E-state index in [1.807, 2.05) is 49.4 Å². The van der Waals surface area contributed by atoms with E-state index in [9.17, 15) is 14.4 Å². The zero-order valence-electron chi connectivity index (χ0n) is 24.3. The largest absolute Gasteiger partial charge is 0.494 e. The van der Waals surface area contributed by atoms with Crippen molar-refractivity contribution >= 4 is 57.1 Å². The lowest BCUT2D eigenvalue weighted by Crippen LogP contribution is -2.30. The number of rotatable bonds is 12. The molecule has 0 saturated carbocycles. The summed E-state index contributed by atoms with van der Waals surface area (Å²) < 4.78 is 12.4. The summed E-state index contributed by atoms with van der Waals surface area (Å²) in [7, 11) is 0. The summed E-state index contributed by atoms with van der Waals surface area (Å²) in [6.45, 7) is 2.48. The number of amides is 2. The van der Waals surface area contributed by atoms with E-state index in [2.05, 4.69) is 26.6 Å². The average molecular weight is 682 g/mol. The first-order chi connectivity index (χ1) is 21.9. The summed E-state index contributed by atoms with van der Waals surface area (Å²) in [5.74, 6) is 1.07. The van der Waals surface area contributed by atoms with Gasteiger partial charge >= 0.3 is 0 Å². The van der Waals surface area contributed by atoms with Gasteiger partial charge in [0.2, 0.25) is 0 Å². The molecule has 0 unspecified atom stereocenters. The normalized spacial score (nSPS) is 11.1. The number of ketones is 1. The number of benzene rings is 4. The molecule has 0 atom stereocenters. The fourth-order valence-corrected chi connectivity index (χ4v) is 5.31. The number of Topliss-reactive ketones (excluding diaryl/α,β-unsaturated/α-hetero) is 1. The van der Waals surface area contributed by atoms with Crippen molar-refractivity contribution in [1.29, 1.82) is 0 Å². The van der Waals surface area contributed by atoms with Crippen LogP contribution in [0.5, 0.6) is 5.75 Å². The van der Waals surface area contributed by atoms with Gasteiger partial charge in [0.15, 0.2) is 5.78 Å². The third-order valence-electron chi connectivity index (χ3n) is 6.54. The molecule has 0 aliphatic rings. The Labute approximate surface area is 273 Å². The lowest BCUT2D eigenvalue weighted by molar-refractivity contribution is -0.113. The standard InChI is InChI=1S/C36H29BrN2O5S/c1-2-43-29-16-10-24(11-17-29)33(40)23-45-31-19-14-28(15-20-31)38-36(42)32(39-35(41)26-6-4-3-5-7-26)22-30-18-21-34(44-30)25-8-12-27(37)13-9-25/h3-22H,2,23H2,1H3,(H,38,42)(H,39,41). The molecule has 0 bridgehead atoms. The fourth-order valence-electron chi connectivity index (χ4n) is 4.25. The van der Waals surface area contributed by atoms with Gasteiger partial charge in [-0.2, -0.15) is 0 Å². The minimum atomic E-state index is -0.521. The Morgan fingerprint density at radius 2 is 1.53 bits per heavy atom. The molecular formula is C36H29BrN2O5S. The first-order valence-electron chi connectivity index (χ1n) is 14.1. The molecule has 0 saturated heterocycles. The topological polar surface area (TPSA) is 97.6 Å². The molecular weight excluding hydrogens is 652 g/mol. The summed E-state index contributed by atoms with van der Waals surface area (Å²) in [6.07, 6.45) is 1.50. The Kier molecular flexibility index (Phi) is 10.7. The van der Waals surface area contributed by atoms with Gasteiger partial charge in [0.25, 0.3) is 11.8 Å². The number of ether oxygens (including phenoxy) is 1. The van der Waals surface area contributed by atoms with Gasteiger partial charge in [0.05, 0.1) is 12.4 Å². The van der Waals surface area contributed by atoms with E-state index >= 15 is 0 Å². The maximum absolute atomic E-state index is 13.4. The lowest BCUT2D eigenvalue weighted by Gasteiger charge is -2.11. The number of halogens is 1. The van der Waals surface area contributed by atoms with Crippen molar-refractivity contribution in [3.05, 3.63) is 142 Å². The molecule has 7 nitrogen and oxygen atoms in total. The molecule has 2 N–H and O–H groups in total. The molecule has 1 heterocycles. The maximum atomic E-state index is 13.4.